The van der Waals surface area contributed by atoms with Crippen LogP contribution in [0.2, 0.25) is 0 Å². The predicted molar refractivity (Wildman–Crippen MR) is 134 cm³/mol. The van der Waals surface area contributed by atoms with Gasteiger partial charge >= 0.3 is 6.29 Å². The number of ether oxygens (including phenoxy) is 2. The molecule has 5 rings (SSSR count). The van der Waals surface area contributed by atoms with Gasteiger partial charge in [-0.05, 0) is 67.1 Å². The summed E-state index contributed by atoms with van der Waals surface area (Å²) in [5.74, 6) is 0.0492. The molecule has 3 aromatic rings. The van der Waals surface area contributed by atoms with Crippen molar-refractivity contribution in [3.63, 3.8) is 0 Å². The monoisotopic (exact) mass is 497 g/mol. The first-order valence-corrected chi connectivity index (χ1v) is 12.8. The number of aryl methyl sites for hydroxylation is 1. The van der Waals surface area contributed by atoms with Gasteiger partial charge in [0.2, 0.25) is 0 Å². The summed E-state index contributed by atoms with van der Waals surface area (Å²) in [6, 6.07) is 13.1. The quantitative estimate of drug-likeness (QED) is 0.359. The molecule has 5 nitrogen and oxygen atoms in total. The second kappa shape index (κ2) is 8.87. The Balaban J connectivity index is 1.41. The second-order valence-electron chi connectivity index (χ2n) is 10.8. The maximum absolute atomic E-state index is 13.5. The number of aliphatic hydroxyl groups excluding tert-OH is 1. The normalized spacial score (nSPS) is 17.5. The lowest BCUT2D eigenvalue weighted by molar-refractivity contribution is -0.286. The molecule has 1 N–H and O–H groups in total. The van der Waals surface area contributed by atoms with Crippen molar-refractivity contribution in [2.24, 2.45) is 0 Å². The molecule has 192 valence electrons. The molecule has 0 saturated heterocycles. The number of rotatable bonds is 10. The molecule has 1 aliphatic heterocycles. The summed E-state index contributed by atoms with van der Waals surface area (Å²) in [6.45, 7) is 7.57. The molecular weight excluding hydrogens is 464 g/mol. The van der Waals surface area contributed by atoms with Crippen LogP contribution in [-0.4, -0.2) is 28.4 Å². The SMILES string of the molecule is CCCC(C)(C)c1cc2cc(CC(=O)C3(c4ccc5c(c4)OC(F)(F)O5)CC3)ccc2n1CCCO. The Morgan fingerprint density at radius 1 is 1.08 bits per heavy atom. The minimum absolute atomic E-state index is 0.00651. The van der Waals surface area contributed by atoms with Crippen LogP contribution in [0.1, 0.15) is 69.7 Å². The molecule has 0 amide bonds. The molecule has 0 spiro atoms. The topological polar surface area (TPSA) is 60.7 Å². The molecule has 36 heavy (non-hydrogen) atoms. The predicted octanol–water partition coefficient (Wildman–Crippen LogP) is 6.27. The summed E-state index contributed by atoms with van der Waals surface area (Å²) in [4.78, 5) is 13.5. The number of carbonyl (C=O) groups is 1. The Labute approximate surface area is 210 Å². The number of nitrogens with zero attached hydrogens (tertiary/aromatic N) is 1. The van der Waals surface area contributed by atoms with E-state index >= 15 is 0 Å². The van der Waals surface area contributed by atoms with Crippen molar-refractivity contribution < 1.29 is 28.2 Å². The van der Waals surface area contributed by atoms with Crippen LogP contribution in [0.15, 0.2) is 42.5 Å². The standard InChI is InChI=1S/C29H33F2NO4/c1-4-10-27(2,3)25-17-20-15-19(6-8-22(20)32(25)13-5-14-33)16-26(34)28(11-12-28)21-7-9-23-24(18-21)36-29(30,31)35-23/h6-9,15,17-18,33H,4-5,10-14,16H2,1-3H3. The van der Waals surface area contributed by atoms with Crippen molar-refractivity contribution in [1.82, 2.24) is 4.57 Å². The first-order chi connectivity index (χ1) is 17.1. The van der Waals surface area contributed by atoms with Crippen LogP contribution in [0.4, 0.5) is 8.78 Å². The van der Waals surface area contributed by atoms with Crippen molar-refractivity contribution >= 4 is 16.7 Å². The van der Waals surface area contributed by atoms with Crippen molar-refractivity contribution in [1.29, 1.82) is 0 Å². The van der Waals surface area contributed by atoms with Crippen LogP contribution in [-0.2, 0) is 28.6 Å². The van der Waals surface area contributed by atoms with Crippen molar-refractivity contribution in [2.75, 3.05) is 6.61 Å². The van der Waals surface area contributed by atoms with E-state index in [9.17, 15) is 18.7 Å². The van der Waals surface area contributed by atoms with Crippen molar-refractivity contribution in [3.05, 3.63) is 59.3 Å². The number of aromatic nitrogens is 1. The lowest BCUT2D eigenvalue weighted by Gasteiger charge is -2.26. The third kappa shape index (κ3) is 4.38. The van der Waals surface area contributed by atoms with Gasteiger partial charge in [-0.15, -0.1) is 8.78 Å². The van der Waals surface area contributed by atoms with E-state index in [0.717, 1.165) is 35.9 Å². The fourth-order valence-corrected chi connectivity index (χ4v) is 5.67. The Morgan fingerprint density at radius 3 is 2.53 bits per heavy atom. The summed E-state index contributed by atoms with van der Waals surface area (Å²) >= 11 is 0. The molecule has 2 heterocycles. The Bertz CT molecular complexity index is 1310. The summed E-state index contributed by atoms with van der Waals surface area (Å²) < 4.78 is 38.3. The zero-order chi connectivity index (χ0) is 25.7. The zero-order valence-electron chi connectivity index (χ0n) is 21.1. The summed E-state index contributed by atoms with van der Waals surface area (Å²) in [7, 11) is 0. The van der Waals surface area contributed by atoms with Crippen LogP contribution in [0.25, 0.3) is 10.9 Å². The lowest BCUT2D eigenvalue weighted by Crippen LogP contribution is -2.26. The van der Waals surface area contributed by atoms with E-state index in [1.54, 1.807) is 6.07 Å². The van der Waals surface area contributed by atoms with Crippen molar-refractivity contribution in [3.8, 4) is 11.5 Å². The van der Waals surface area contributed by atoms with Gasteiger partial charge in [0.25, 0.3) is 0 Å². The van der Waals surface area contributed by atoms with E-state index in [4.69, 9.17) is 0 Å². The van der Waals surface area contributed by atoms with Crippen LogP contribution in [0.5, 0.6) is 11.5 Å². The average Bonchev–Trinajstić information content (AvgIpc) is 3.45. The summed E-state index contributed by atoms with van der Waals surface area (Å²) in [6.07, 6.45) is 0.800. The molecule has 2 aromatic carbocycles. The number of hydrogen-bond acceptors (Lipinski definition) is 4. The minimum Gasteiger partial charge on any atom is -0.396 e. The summed E-state index contributed by atoms with van der Waals surface area (Å²) in [5, 5.41) is 10.5. The number of aliphatic hydroxyl groups is 1. The van der Waals surface area contributed by atoms with Gasteiger partial charge in [-0.2, -0.15) is 0 Å². The number of Topliss-reactive ketones (excluding diaryl/α,β-unsaturated/α-hetero) is 1. The van der Waals surface area contributed by atoms with Gasteiger partial charge in [0.05, 0.1) is 5.41 Å². The number of carbonyl (C=O) groups excluding carboxylic acids is 1. The molecule has 1 aliphatic carbocycles. The van der Waals surface area contributed by atoms with E-state index in [2.05, 4.69) is 53.0 Å². The average molecular weight is 498 g/mol. The number of benzene rings is 2. The smallest absolute Gasteiger partial charge is 0.396 e. The van der Waals surface area contributed by atoms with Gasteiger partial charge in [-0.1, -0.05) is 39.3 Å². The second-order valence-corrected chi connectivity index (χ2v) is 10.8. The molecular formula is C29H33F2NO4. The number of ketones is 1. The number of halogens is 2. The molecule has 1 saturated carbocycles. The molecule has 2 aliphatic rings. The van der Waals surface area contributed by atoms with Gasteiger partial charge in [-0.25, -0.2) is 0 Å². The highest BCUT2D eigenvalue weighted by molar-refractivity contribution is 5.95. The van der Waals surface area contributed by atoms with Gasteiger partial charge in [0, 0.05) is 41.6 Å². The Kier molecular flexibility index (Phi) is 6.10. The van der Waals surface area contributed by atoms with E-state index in [1.807, 2.05) is 6.07 Å². The van der Waals surface area contributed by atoms with E-state index in [0.29, 0.717) is 24.8 Å². The third-order valence-corrected chi connectivity index (χ3v) is 7.68. The molecule has 1 aromatic heterocycles. The highest BCUT2D eigenvalue weighted by atomic mass is 19.3. The fourth-order valence-electron chi connectivity index (χ4n) is 5.67. The van der Waals surface area contributed by atoms with E-state index in [1.165, 1.54) is 17.8 Å². The van der Waals surface area contributed by atoms with Gasteiger partial charge in [-0.3, -0.25) is 4.79 Å². The molecule has 1 fully saturated rings. The Hall–Kier alpha value is -2.93. The molecule has 0 radical (unpaired) electrons. The van der Waals surface area contributed by atoms with E-state index in [-0.39, 0.29) is 35.7 Å². The lowest BCUT2D eigenvalue weighted by atomic mass is 9.84. The zero-order valence-corrected chi connectivity index (χ0v) is 21.1. The molecule has 0 atom stereocenters. The number of hydrogen-bond donors (Lipinski definition) is 1. The third-order valence-electron chi connectivity index (χ3n) is 7.68. The number of alkyl halides is 2. The van der Waals surface area contributed by atoms with Crippen molar-refractivity contribution in [2.45, 2.75) is 83.0 Å². The van der Waals surface area contributed by atoms with Crippen LogP contribution in [0, 0.1) is 0 Å². The highest BCUT2D eigenvalue weighted by Crippen LogP contribution is 2.52. The van der Waals surface area contributed by atoms with Crippen LogP contribution in [0.3, 0.4) is 0 Å². The molecule has 7 heteroatoms. The first-order valence-electron chi connectivity index (χ1n) is 12.8. The Morgan fingerprint density at radius 2 is 1.83 bits per heavy atom. The molecule has 0 bridgehead atoms. The van der Waals surface area contributed by atoms with Crippen LogP contribution < -0.4 is 9.47 Å². The van der Waals surface area contributed by atoms with Gasteiger partial charge < -0.3 is 19.1 Å². The largest absolute Gasteiger partial charge is 0.586 e. The van der Waals surface area contributed by atoms with Gasteiger partial charge in [0.15, 0.2) is 11.5 Å². The fraction of sp³-hybridized carbons (Fsp3) is 0.483. The van der Waals surface area contributed by atoms with E-state index < -0.39 is 11.7 Å². The highest BCUT2D eigenvalue weighted by Gasteiger charge is 2.52. The summed E-state index contributed by atoms with van der Waals surface area (Å²) in [5.41, 5.74) is 3.32. The maximum Gasteiger partial charge on any atom is 0.586 e. The van der Waals surface area contributed by atoms with Gasteiger partial charge in [0.1, 0.15) is 5.78 Å². The molecule has 0 unspecified atom stereocenters. The van der Waals surface area contributed by atoms with Crippen LogP contribution >= 0.6 is 0 Å². The minimum atomic E-state index is -3.67. The number of fused-ring (bicyclic) bond motifs is 2. The maximum atomic E-state index is 13.5. The first kappa shape index (κ1) is 24.8.